The molecule has 102 valence electrons. The van der Waals surface area contributed by atoms with Crippen LogP contribution < -0.4 is 0 Å². The summed E-state index contributed by atoms with van der Waals surface area (Å²) in [4.78, 5) is 4.48. The predicted octanol–water partition coefficient (Wildman–Crippen LogP) is 5.12. The van der Waals surface area contributed by atoms with Gasteiger partial charge in [0.2, 0.25) is 0 Å². The molecule has 0 aliphatic rings. The van der Waals surface area contributed by atoms with E-state index in [1.165, 1.54) is 6.07 Å². The van der Waals surface area contributed by atoms with Crippen LogP contribution in [0.3, 0.4) is 0 Å². The van der Waals surface area contributed by atoms with Gasteiger partial charge in [0.1, 0.15) is 5.82 Å². The van der Waals surface area contributed by atoms with Crippen LogP contribution in [0.2, 0.25) is 5.02 Å². The maximum absolute atomic E-state index is 14.3. The maximum atomic E-state index is 14.3. The van der Waals surface area contributed by atoms with E-state index in [2.05, 4.69) is 4.98 Å². The van der Waals surface area contributed by atoms with Crippen molar-refractivity contribution in [2.75, 3.05) is 0 Å². The Labute approximate surface area is 125 Å². The molecule has 3 aromatic rings. The molecule has 5 heteroatoms. The SMILES string of the molecule is CC(Cl)c1nc2ccccc2n1-c1cccc(Cl)c1F. The van der Waals surface area contributed by atoms with Crippen LogP contribution in [0.15, 0.2) is 42.5 Å². The Morgan fingerprint density at radius 2 is 1.90 bits per heavy atom. The summed E-state index contributed by atoms with van der Waals surface area (Å²) in [5, 5.41) is -0.269. The molecular weight excluding hydrogens is 298 g/mol. The van der Waals surface area contributed by atoms with Crippen LogP contribution in [-0.2, 0) is 0 Å². The first kappa shape index (κ1) is 13.4. The number of imidazole rings is 1. The first-order valence-corrected chi connectivity index (χ1v) is 6.97. The van der Waals surface area contributed by atoms with Crippen LogP contribution in [-0.4, -0.2) is 9.55 Å². The number of hydrogen-bond donors (Lipinski definition) is 0. The molecule has 1 unspecified atom stereocenters. The molecule has 0 aliphatic heterocycles. The Hall–Kier alpha value is -1.58. The molecule has 0 saturated heterocycles. The summed E-state index contributed by atoms with van der Waals surface area (Å²) >= 11 is 12.1. The minimum Gasteiger partial charge on any atom is -0.292 e. The number of fused-ring (bicyclic) bond motifs is 1. The van der Waals surface area contributed by atoms with Crippen LogP contribution in [0.1, 0.15) is 18.1 Å². The van der Waals surface area contributed by atoms with Gasteiger partial charge in [0.15, 0.2) is 5.82 Å². The average molecular weight is 309 g/mol. The largest absolute Gasteiger partial charge is 0.292 e. The van der Waals surface area contributed by atoms with Crippen molar-refractivity contribution >= 4 is 34.2 Å². The third-order valence-corrected chi connectivity index (χ3v) is 3.60. The Kier molecular flexibility index (Phi) is 3.40. The van der Waals surface area contributed by atoms with E-state index in [1.54, 1.807) is 16.7 Å². The third kappa shape index (κ3) is 2.07. The molecule has 0 fully saturated rings. The summed E-state index contributed by atoms with van der Waals surface area (Å²) in [6, 6.07) is 12.4. The fourth-order valence-electron chi connectivity index (χ4n) is 2.23. The summed E-state index contributed by atoms with van der Waals surface area (Å²) in [5.41, 5.74) is 1.93. The molecule has 0 N–H and O–H groups in total. The van der Waals surface area contributed by atoms with E-state index >= 15 is 0 Å². The van der Waals surface area contributed by atoms with Crippen LogP contribution in [0.4, 0.5) is 4.39 Å². The molecule has 20 heavy (non-hydrogen) atoms. The second-order valence-corrected chi connectivity index (χ2v) is 5.54. The fraction of sp³-hybridized carbons (Fsp3) is 0.133. The quantitative estimate of drug-likeness (QED) is 0.601. The van der Waals surface area contributed by atoms with Crippen molar-refractivity contribution < 1.29 is 4.39 Å². The van der Waals surface area contributed by atoms with E-state index in [1.807, 2.05) is 31.2 Å². The van der Waals surface area contributed by atoms with E-state index in [-0.39, 0.29) is 10.4 Å². The molecule has 1 heterocycles. The van der Waals surface area contributed by atoms with Crippen LogP contribution in [0.5, 0.6) is 0 Å². The molecule has 0 aliphatic carbocycles. The highest BCUT2D eigenvalue weighted by molar-refractivity contribution is 6.30. The number of rotatable bonds is 2. The maximum Gasteiger partial charge on any atom is 0.165 e. The third-order valence-electron chi connectivity index (χ3n) is 3.11. The Morgan fingerprint density at radius 3 is 2.65 bits per heavy atom. The van der Waals surface area contributed by atoms with Crippen LogP contribution >= 0.6 is 23.2 Å². The fourth-order valence-corrected chi connectivity index (χ4v) is 2.55. The predicted molar refractivity (Wildman–Crippen MR) is 80.3 cm³/mol. The van der Waals surface area contributed by atoms with Crippen molar-refractivity contribution in [2.45, 2.75) is 12.3 Å². The molecule has 1 aromatic heterocycles. The Morgan fingerprint density at radius 1 is 1.15 bits per heavy atom. The van der Waals surface area contributed by atoms with Gasteiger partial charge < -0.3 is 0 Å². The van der Waals surface area contributed by atoms with E-state index in [9.17, 15) is 4.39 Å². The van der Waals surface area contributed by atoms with Gasteiger partial charge in [-0.15, -0.1) is 11.6 Å². The zero-order chi connectivity index (χ0) is 14.3. The molecule has 0 bridgehead atoms. The number of para-hydroxylation sites is 2. The van der Waals surface area contributed by atoms with E-state index in [0.29, 0.717) is 11.5 Å². The standard InChI is InChI=1S/C15H11Cl2FN2/c1-9(16)15-19-11-6-2-3-7-12(11)20(15)13-8-4-5-10(17)14(13)18/h2-9H,1H3. The molecule has 1 atom stereocenters. The van der Waals surface area contributed by atoms with Gasteiger partial charge in [-0.05, 0) is 31.2 Å². The van der Waals surface area contributed by atoms with Gasteiger partial charge in [0, 0.05) is 0 Å². The van der Waals surface area contributed by atoms with Crippen molar-refractivity contribution in [1.82, 2.24) is 9.55 Å². The lowest BCUT2D eigenvalue weighted by Crippen LogP contribution is -2.04. The monoisotopic (exact) mass is 308 g/mol. The lowest BCUT2D eigenvalue weighted by Gasteiger charge is -2.12. The number of aromatic nitrogens is 2. The smallest absolute Gasteiger partial charge is 0.165 e. The second kappa shape index (κ2) is 5.08. The van der Waals surface area contributed by atoms with Gasteiger partial charge >= 0.3 is 0 Å². The minimum atomic E-state index is -0.476. The van der Waals surface area contributed by atoms with Gasteiger partial charge in [-0.2, -0.15) is 0 Å². The van der Waals surface area contributed by atoms with Gasteiger partial charge in [-0.1, -0.05) is 29.8 Å². The van der Waals surface area contributed by atoms with E-state index in [4.69, 9.17) is 23.2 Å². The van der Waals surface area contributed by atoms with Crippen molar-refractivity contribution in [3.8, 4) is 5.69 Å². The number of benzene rings is 2. The minimum absolute atomic E-state index is 0.0773. The van der Waals surface area contributed by atoms with Crippen molar-refractivity contribution in [3.63, 3.8) is 0 Å². The zero-order valence-electron chi connectivity index (χ0n) is 10.6. The second-order valence-electron chi connectivity index (χ2n) is 4.48. The van der Waals surface area contributed by atoms with Crippen LogP contribution in [0.25, 0.3) is 16.7 Å². The normalized spacial score (nSPS) is 12.8. The summed E-state index contributed by atoms with van der Waals surface area (Å²) < 4.78 is 16.0. The lowest BCUT2D eigenvalue weighted by molar-refractivity contribution is 0.617. The van der Waals surface area contributed by atoms with Gasteiger partial charge in [0.05, 0.1) is 27.1 Å². The summed E-state index contributed by atoms with van der Waals surface area (Å²) in [7, 11) is 0. The molecule has 2 nitrogen and oxygen atoms in total. The first-order chi connectivity index (χ1) is 9.59. The molecule has 0 saturated carbocycles. The summed E-state index contributed by atoms with van der Waals surface area (Å²) in [6.07, 6.45) is 0. The topological polar surface area (TPSA) is 17.8 Å². The molecule has 0 spiro atoms. The highest BCUT2D eigenvalue weighted by Gasteiger charge is 2.19. The zero-order valence-corrected chi connectivity index (χ0v) is 12.2. The van der Waals surface area contributed by atoms with Crippen molar-refractivity contribution in [1.29, 1.82) is 0 Å². The summed E-state index contributed by atoms with van der Waals surface area (Å²) in [6.45, 7) is 1.81. The molecular formula is C15H11Cl2FN2. The number of alkyl halides is 1. The number of hydrogen-bond acceptors (Lipinski definition) is 1. The highest BCUT2D eigenvalue weighted by Crippen LogP contribution is 2.30. The highest BCUT2D eigenvalue weighted by atomic mass is 35.5. The Bertz CT molecular complexity index is 781. The summed E-state index contributed by atoms with van der Waals surface area (Å²) in [5.74, 6) is 0.116. The lowest BCUT2D eigenvalue weighted by atomic mass is 10.2. The van der Waals surface area contributed by atoms with Crippen molar-refractivity contribution in [3.05, 3.63) is 59.1 Å². The molecule has 3 rings (SSSR count). The van der Waals surface area contributed by atoms with Gasteiger partial charge in [-0.25, -0.2) is 9.37 Å². The average Bonchev–Trinajstić information content (AvgIpc) is 2.81. The first-order valence-electron chi connectivity index (χ1n) is 6.15. The molecule has 0 radical (unpaired) electrons. The number of nitrogens with zero attached hydrogens (tertiary/aromatic N) is 2. The van der Waals surface area contributed by atoms with Crippen LogP contribution in [0, 0.1) is 5.82 Å². The van der Waals surface area contributed by atoms with E-state index in [0.717, 1.165) is 11.0 Å². The van der Waals surface area contributed by atoms with Gasteiger partial charge in [0.25, 0.3) is 0 Å². The van der Waals surface area contributed by atoms with Gasteiger partial charge in [-0.3, -0.25) is 4.57 Å². The van der Waals surface area contributed by atoms with Crippen molar-refractivity contribution in [2.24, 2.45) is 0 Å². The molecule has 0 amide bonds. The number of halogens is 3. The molecule has 2 aromatic carbocycles. The Balaban J connectivity index is 2.39. The van der Waals surface area contributed by atoms with E-state index < -0.39 is 5.82 Å².